The number of esters is 1. The third kappa shape index (κ3) is 4.87. The quantitative estimate of drug-likeness (QED) is 0.724. The van der Waals surface area contributed by atoms with Gasteiger partial charge in [0.05, 0.1) is 12.5 Å². The van der Waals surface area contributed by atoms with Crippen LogP contribution in [0.3, 0.4) is 0 Å². The smallest absolute Gasteiger partial charge is 0.310 e. The molecule has 1 aromatic carbocycles. The van der Waals surface area contributed by atoms with Gasteiger partial charge in [0.2, 0.25) is 0 Å². The van der Waals surface area contributed by atoms with E-state index >= 15 is 0 Å². The first-order valence-electron chi connectivity index (χ1n) is 9.00. The summed E-state index contributed by atoms with van der Waals surface area (Å²) in [6, 6.07) is 8.93. The highest BCUT2D eigenvalue weighted by Crippen LogP contribution is 2.21. The Morgan fingerprint density at radius 3 is 2.74 bits per heavy atom. The fourth-order valence-electron chi connectivity index (χ4n) is 3.03. The molecule has 0 unspecified atom stereocenters. The van der Waals surface area contributed by atoms with Crippen LogP contribution in [0.4, 0.5) is 4.39 Å². The Labute approximate surface area is 156 Å². The number of carbonyl (C=O) groups is 2. The van der Waals surface area contributed by atoms with Crippen molar-refractivity contribution in [2.45, 2.75) is 26.4 Å². The summed E-state index contributed by atoms with van der Waals surface area (Å²) >= 11 is 0. The number of amides is 1. The fourth-order valence-corrected chi connectivity index (χ4v) is 3.03. The largest absolute Gasteiger partial charge is 0.486 e. The highest BCUT2D eigenvalue weighted by molar-refractivity contribution is 5.92. The Morgan fingerprint density at radius 1 is 1.22 bits per heavy atom. The molecule has 7 heteroatoms. The van der Waals surface area contributed by atoms with Crippen LogP contribution in [0.1, 0.15) is 36.1 Å². The van der Waals surface area contributed by atoms with Crippen molar-refractivity contribution in [3.05, 3.63) is 53.7 Å². The molecular weight excluding hydrogens is 353 g/mol. The highest BCUT2D eigenvalue weighted by atomic mass is 19.1. The van der Waals surface area contributed by atoms with Gasteiger partial charge in [-0.2, -0.15) is 0 Å². The summed E-state index contributed by atoms with van der Waals surface area (Å²) in [4.78, 5) is 26.2. The Hall–Kier alpha value is -2.83. The van der Waals surface area contributed by atoms with Gasteiger partial charge >= 0.3 is 5.97 Å². The van der Waals surface area contributed by atoms with Crippen molar-refractivity contribution in [2.75, 3.05) is 19.7 Å². The van der Waals surface area contributed by atoms with E-state index in [9.17, 15) is 14.0 Å². The van der Waals surface area contributed by atoms with E-state index in [-0.39, 0.29) is 36.0 Å². The molecule has 1 aromatic heterocycles. The van der Waals surface area contributed by atoms with Crippen molar-refractivity contribution in [3.8, 4) is 5.75 Å². The van der Waals surface area contributed by atoms with Gasteiger partial charge in [0.15, 0.2) is 5.76 Å². The van der Waals surface area contributed by atoms with Crippen LogP contribution in [0.5, 0.6) is 5.75 Å². The SMILES string of the molecule is CCOC(=O)[C@H]1CCCN(C(=O)c2ccc(COc3ccc(F)cc3)o2)C1. The van der Waals surface area contributed by atoms with E-state index in [1.807, 2.05) is 0 Å². The minimum atomic E-state index is -0.337. The topological polar surface area (TPSA) is 69.0 Å². The van der Waals surface area contributed by atoms with Crippen LogP contribution in [-0.2, 0) is 16.1 Å². The number of carbonyl (C=O) groups excluding carboxylic acids is 2. The first kappa shape index (κ1) is 18.9. The lowest BCUT2D eigenvalue weighted by Crippen LogP contribution is -2.42. The van der Waals surface area contributed by atoms with E-state index in [0.29, 0.717) is 31.2 Å². The molecule has 0 aliphatic carbocycles. The van der Waals surface area contributed by atoms with E-state index < -0.39 is 0 Å². The van der Waals surface area contributed by atoms with Crippen molar-refractivity contribution < 1.29 is 27.9 Å². The lowest BCUT2D eigenvalue weighted by Gasteiger charge is -2.30. The van der Waals surface area contributed by atoms with Crippen LogP contribution in [0, 0.1) is 11.7 Å². The minimum absolute atomic E-state index is 0.129. The zero-order chi connectivity index (χ0) is 19.2. The molecule has 0 bridgehead atoms. The van der Waals surface area contributed by atoms with Gasteiger partial charge in [0.25, 0.3) is 5.91 Å². The summed E-state index contributed by atoms with van der Waals surface area (Å²) in [6.45, 7) is 3.14. The molecule has 0 radical (unpaired) electrons. The zero-order valence-corrected chi connectivity index (χ0v) is 15.2. The zero-order valence-electron chi connectivity index (χ0n) is 15.2. The predicted molar refractivity (Wildman–Crippen MR) is 94.7 cm³/mol. The lowest BCUT2D eigenvalue weighted by atomic mass is 9.98. The molecule has 3 rings (SSSR count). The average molecular weight is 375 g/mol. The number of rotatable bonds is 6. The molecule has 1 saturated heterocycles. The van der Waals surface area contributed by atoms with Crippen molar-refractivity contribution in [2.24, 2.45) is 5.92 Å². The van der Waals surface area contributed by atoms with Gasteiger partial charge in [0, 0.05) is 13.1 Å². The van der Waals surface area contributed by atoms with Gasteiger partial charge in [-0.05, 0) is 56.2 Å². The Morgan fingerprint density at radius 2 is 2.00 bits per heavy atom. The summed E-state index contributed by atoms with van der Waals surface area (Å²) in [5, 5.41) is 0. The third-order valence-corrected chi connectivity index (χ3v) is 4.40. The molecule has 1 amide bonds. The number of furan rings is 1. The Bertz CT molecular complexity index is 786. The number of likely N-dealkylation sites (tertiary alicyclic amines) is 1. The summed E-state index contributed by atoms with van der Waals surface area (Å²) in [6.07, 6.45) is 1.47. The monoisotopic (exact) mass is 375 g/mol. The van der Waals surface area contributed by atoms with Crippen molar-refractivity contribution in [3.63, 3.8) is 0 Å². The standard InChI is InChI=1S/C20H22FNO5/c1-2-25-20(24)14-4-3-11-22(12-14)19(23)18-10-9-17(27-18)13-26-16-7-5-15(21)6-8-16/h5-10,14H,2-4,11-13H2,1H3/t14-/m0/s1. The number of benzene rings is 1. The minimum Gasteiger partial charge on any atom is -0.486 e. The molecule has 27 heavy (non-hydrogen) atoms. The van der Waals surface area contributed by atoms with Gasteiger partial charge in [0.1, 0.15) is 23.9 Å². The van der Waals surface area contributed by atoms with Crippen LogP contribution in [-0.4, -0.2) is 36.5 Å². The van der Waals surface area contributed by atoms with Crippen LogP contribution in [0.25, 0.3) is 0 Å². The molecule has 0 spiro atoms. The molecule has 1 fully saturated rings. The normalized spacial score (nSPS) is 16.8. The highest BCUT2D eigenvalue weighted by Gasteiger charge is 2.30. The van der Waals surface area contributed by atoms with Crippen molar-refractivity contribution in [1.29, 1.82) is 0 Å². The summed E-state index contributed by atoms with van der Waals surface area (Å²) in [5.74, 6) is 0.0578. The molecule has 144 valence electrons. The van der Waals surface area contributed by atoms with Gasteiger partial charge in [-0.25, -0.2) is 4.39 Å². The molecule has 1 aliphatic rings. The van der Waals surface area contributed by atoms with E-state index in [0.717, 1.165) is 12.8 Å². The van der Waals surface area contributed by atoms with Crippen molar-refractivity contribution in [1.82, 2.24) is 4.90 Å². The number of hydrogen-bond acceptors (Lipinski definition) is 5. The molecule has 1 aliphatic heterocycles. The van der Waals surface area contributed by atoms with E-state index in [1.54, 1.807) is 24.0 Å². The number of hydrogen-bond donors (Lipinski definition) is 0. The molecule has 1 atom stereocenters. The first-order chi connectivity index (χ1) is 13.1. The second-order valence-corrected chi connectivity index (χ2v) is 6.35. The van der Waals surface area contributed by atoms with Crippen LogP contribution >= 0.6 is 0 Å². The van der Waals surface area contributed by atoms with Crippen LogP contribution in [0.2, 0.25) is 0 Å². The first-order valence-corrected chi connectivity index (χ1v) is 9.00. The number of halogens is 1. The van der Waals surface area contributed by atoms with Crippen LogP contribution in [0.15, 0.2) is 40.8 Å². The van der Waals surface area contributed by atoms with Crippen molar-refractivity contribution >= 4 is 11.9 Å². The maximum atomic E-state index is 12.9. The number of piperidine rings is 1. The Balaban J connectivity index is 1.57. The molecule has 2 aromatic rings. The van der Waals surface area contributed by atoms with Gasteiger partial charge in [-0.15, -0.1) is 0 Å². The fraction of sp³-hybridized carbons (Fsp3) is 0.400. The molecular formula is C20H22FNO5. The summed E-state index contributed by atoms with van der Waals surface area (Å²) < 4.78 is 29.0. The lowest BCUT2D eigenvalue weighted by molar-refractivity contribution is -0.149. The molecule has 2 heterocycles. The van der Waals surface area contributed by atoms with Gasteiger partial charge in [-0.1, -0.05) is 0 Å². The number of nitrogens with zero attached hydrogens (tertiary/aromatic N) is 1. The second kappa shape index (κ2) is 8.70. The maximum Gasteiger partial charge on any atom is 0.310 e. The number of ether oxygens (including phenoxy) is 2. The third-order valence-electron chi connectivity index (χ3n) is 4.40. The van der Waals surface area contributed by atoms with E-state index in [1.165, 1.54) is 24.3 Å². The summed E-state index contributed by atoms with van der Waals surface area (Å²) in [5.41, 5.74) is 0. The summed E-state index contributed by atoms with van der Waals surface area (Å²) in [7, 11) is 0. The maximum absolute atomic E-state index is 12.9. The molecule has 0 saturated carbocycles. The second-order valence-electron chi connectivity index (χ2n) is 6.35. The van der Waals surface area contributed by atoms with Crippen LogP contribution < -0.4 is 4.74 Å². The van der Waals surface area contributed by atoms with E-state index in [4.69, 9.17) is 13.9 Å². The predicted octanol–water partition coefficient (Wildman–Crippen LogP) is 3.41. The van der Waals surface area contributed by atoms with E-state index in [2.05, 4.69) is 0 Å². The van der Waals surface area contributed by atoms with Gasteiger partial charge in [-0.3, -0.25) is 9.59 Å². The molecule has 6 nitrogen and oxygen atoms in total. The molecule has 0 N–H and O–H groups in total. The average Bonchev–Trinajstić information content (AvgIpc) is 3.16. The Kier molecular flexibility index (Phi) is 6.11. The van der Waals surface area contributed by atoms with Gasteiger partial charge < -0.3 is 18.8 Å².